The standard InChI is InChI=1S/C28H30N4O2/c1-3-4-5-10-17-29-28(33)24-18-27(31-25-14-9-8-12-22(24)25)32-30-19-20-15-16-26(34-2)23-13-7-6-11-21(20)23/h6-9,11-16,18-19H,3-5,10,17H2,1-2H3,(H,29,33)(H,31,32)/b30-19+. The van der Waals surface area contributed by atoms with E-state index in [1.54, 1.807) is 19.4 Å². The fourth-order valence-electron chi connectivity index (χ4n) is 4.02. The van der Waals surface area contributed by atoms with Crippen molar-refractivity contribution in [3.63, 3.8) is 0 Å². The highest BCUT2D eigenvalue weighted by atomic mass is 16.5. The van der Waals surface area contributed by atoms with Crippen molar-refractivity contribution in [3.05, 3.63) is 77.9 Å². The van der Waals surface area contributed by atoms with Gasteiger partial charge in [-0.05, 0) is 36.1 Å². The largest absolute Gasteiger partial charge is 0.496 e. The van der Waals surface area contributed by atoms with Crippen molar-refractivity contribution in [2.75, 3.05) is 19.1 Å². The molecule has 4 rings (SSSR count). The maximum absolute atomic E-state index is 12.9. The van der Waals surface area contributed by atoms with Gasteiger partial charge in [0.05, 0.1) is 24.4 Å². The predicted octanol–water partition coefficient (Wildman–Crippen LogP) is 6.15. The topological polar surface area (TPSA) is 75.6 Å². The first-order valence-electron chi connectivity index (χ1n) is 11.7. The zero-order valence-corrected chi connectivity index (χ0v) is 19.7. The highest BCUT2D eigenvalue weighted by molar-refractivity contribution is 6.07. The maximum atomic E-state index is 12.9. The van der Waals surface area contributed by atoms with Crippen LogP contribution >= 0.6 is 0 Å². The molecule has 0 aliphatic rings. The molecule has 34 heavy (non-hydrogen) atoms. The molecular weight excluding hydrogens is 424 g/mol. The van der Waals surface area contributed by atoms with E-state index in [0.29, 0.717) is 17.9 Å². The molecule has 0 aliphatic heterocycles. The predicted molar refractivity (Wildman–Crippen MR) is 140 cm³/mol. The average Bonchev–Trinajstić information content (AvgIpc) is 2.88. The SMILES string of the molecule is CCCCCCNC(=O)c1cc(N/N=C/c2ccc(OC)c3ccccc23)nc2ccccc12. The Hall–Kier alpha value is -3.93. The number of pyridine rings is 1. The minimum absolute atomic E-state index is 0.0942. The molecule has 1 aromatic heterocycles. The van der Waals surface area contributed by atoms with Crippen molar-refractivity contribution >= 4 is 39.6 Å². The first-order chi connectivity index (χ1) is 16.7. The van der Waals surface area contributed by atoms with Crippen LogP contribution in [-0.4, -0.2) is 30.8 Å². The Morgan fingerprint density at radius 1 is 0.971 bits per heavy atom. The van der Waals surface area contributed by atoms with Gasteiger partial charge in [0.15, 0.2) is 0 Å². The lowest BCUT2D eigenvalue weighted by Crippen LogP contribution is -2.25. The number of carbonyl (C=O) groups is 1. The molecule has 0 atom stereocenters. The van der Waals surface area contributed by atoms with Crippen LogP contribution in [0.15, 0.2) is 71.8 Å². The Bertz CT molecular complexity index is 1320. The summed E-state index contributed by atoms with van der Waals surface area (Å²) >= 11 is 0. The molecule has 0 saturated carbocycles. The van der Waals surface area contributed by atoms with Crippen LogP contribution < -0.4 is 15.5 Å². The molecule has 6 nitrogen and oxygen atoms in total. The number of ether oxygens (including phenoxy) is 1. The average molecular weight is 455 g/mol. The number of anilines is 1. The van der Waals surface area contributed by atoms with Crippen molar-refractivity contribution in [3.8, 4) is 5.75 Å². The monoisotopic (exact) mass is 454 g/mol. The number of rotatable bonds is 10. The van der Waals surface area contributed by atoms with Crippen LogP contribution in [0.25, 0.3) is 21.7 Å². The van der Waals surface area contributed by atoms with Crippen LogP contribution in [0.2, 0.25) is 0 Å². The summed E-state index contributed by atoms with van der Waals surface area (Å²) in [6.07, 6.45) is 6.21. The zero-order valence-electron chi connectivity index (χ0n) is 19.7. The van der Waals surface area contributed by atoms with E-state index < -0.39 is 0 Å². The fourth-order valence-corrected chi connectivity index (χ4v) is 4.02. The number of para-hydroxylation sites is 1. The molecule has 0 spiro atoms. The number of aromatic nitrogens is 1. The van der Waals surface area contributed by atoms with Gasteiger partial charge in [-0.25, -0.2) is 4.98 Å². The van der Waals surface area contributed by atoms with E-state index in [2.05, 4.69) is 27.8 Å². The van der Waals surface area contributed by atoms with Gasteiger partial charge in [-0.3, -0.25) is 10.2 Å². The number of hydrogen-bond acceptors (Lipinski definition) is 5. The number of carbonyl (C=O) groups excluding carboxylic acids is 1. The molecule has 0 unspecified atom stereocenters. The van der Waals surface area contributed by atoms with Crippen molar-refractivity contribution < 1.29 is 9.53 Å². The molecule has 6 heteroatoms. The second-order valence-corrected chi connectivity index (χ2v) is 8.16. The van der Waals surface area contributed by atoms with E-state index in [9.17, 15) is 4.79 Å². The molecule has 0 radical (unpaired) electrons. The smallest absolute Gasteiger partial charge is 0.252 e. The zero-order chi connectivity index (χ0) is 23.8. The van der Waals surface area contributed by atoms with E-state index in [1.807, 2.05) is 60.7 Å². The summed E-state index contributed by atoms with van der Waals surface area (Å²) in [7, 11) is 1.67. The summed E-state index contributed by atoms with van der Waals surface area (Å²) in [4.78, 5) is 17.6. The summed E-state index contributed by atoms with van der Waals surface area (Å²) in [6, 6.07) is 21.4. The lowest BCUT2D eigenvalue weighted by Gasteiger charge is -2.10. The number of unbranched alkanes of at least 4 members (excludes halogenated alkanes) is 3. The molecule has 0 saturated heterocycles. The molecule has 174 valence electrons. The van der Waals surface area contributed by atoms with Crippen LogP contribution in [0.3, 0.4) is 0 Å². The number of nitrogens with zero attached hydrogens (tertiary/aromatic N) is 2. The highest BCUT2D eigenvalue weighted by Crippen LogP contribution is 2.27. The third-order valence-electron chi connectivity index (χ3n) is 5.80. The molecule has 3 aromatic carbocycles. The van der Waals surface area contributed by atoms with Crippen LogP contribution in [-0.2, 0) is 0 Å². The quantitative estimate of drug-likeness (QED) is 0.171. The third kappa shape index (κ3) is 5.34. The third-order valence-corrected chi connectivity index (χ3v) is 5.80. The van der Waals surface area contributed by atoms with E-state index in [0.717, 1.165) is 45.8 Å². The van der Waals surface area contributed by atoms with Gasteiger partial charge in [-0.1, -0.05) is 68.7 Å². The van der Waals surface area contributed by atoms with Crippen molar-refractivity contribution in [1.82, 2.24) is 10.3 Å². The summed E-state index contributed by atoms with van der Waals surface area (Å²) in [5.41, 5.74) is 5.29. The first kappa shape index (κ1) is 23.2. The molecule has 0 aliphatic carbocycles. The van der Waals surface area contributed by atoms with Crippen molar-refractivity contribution in [2.24, 2.45) is 5.10 Å². The molecule has 4 aromatic rings. The van der Waals surface area contributed by atoms with Gasteiger partial charge in [0.1, 0.15) is 11.6 Å². The molecule has 1 amide bonds. The lowest BCUT2D eigenvalue weighted by molar-refractivity contribution is 0.0954. The Balaban J connectivity index is 1.55. The Morgan fingerprint density at radius 3 is 2.53 bits per heavy atom. The Kier molecular flexibility index (Phi) is 7.71. The minimum atomic E-state index is -0.0942. The number of methoxy groups -OCH3 is 1. The molecule has 2 N–H and O–H groups in total. The first-order valence-corrected chi connectivity index (χ1v) is 11.7. The summed E-state index contributed by atoms with van der Waals surface area (Å²) in [6.45, 7) is 2.84. The van der Waals surface area contributed by atoms with E-state index in [4.69, 9.17) is 4.74 Å². The van der Waals surface area contributed by atoms with E-state index in [1.165, 1.54) is 12.8 Å². The molecule has 0 bridgehead atoms. The van der Waals surface area contributed by atoms with Gasteiger partial charge in [-0.15, -0.1) is 0 Å². The van der Waals surface area contributed by atoms with Crippen LogP contribution in [0.5, 0.6) is 5.75 Å². The minimum Gasteiger partial charge on any atom is -0.496 e. The van der Waals surface area contributed by atoms with Gasteiger partial charge in [0.25, 0.3) is 5.91 Å². The van der Waals surface area contributed by atoms with Crippen LogP contribution in [0.1, 0.15) is 48.5 Å². The van der Waals surface area contributed by atoms with Crippen molar-refractivity contribution in [1.29, 1.82) is 0 Å². The summed E-state index contributed by atoms with van der Waals surface area (Å²) in [5.74, 6) is 1.24. The van der Waals surface area contributed by atoms with Crippen LogP contribution in [0.4, 0.5) is 5.82 Å². The summed E-state index contributed by atoms with van der Waals surface area (Å²) in [5, 5.41) is 10.3. The highest BCUT2D eigenvalue weighted by Gasteiger charge is 2.12. The second-order valence-electron chi connectivity index (χ2n) is 8.16. The number of hydrogen-bond donors (Lipinski definition) is 2. The molecule has 1 heterocycles. The van der Waals surface area contributed by atoms with Gasteiger partial charge >= 0.3 is 0 Å². The van der Waals surface area contributed by atoms with Gasteiger partial charge < -0.3 is 10.1 Å². The summed E-state index contributed by atoms with van der Waals surface area (Å²) < 4.78 is 5.47. The molecular formula is C28H30N4O2. The van der Waals surface area contributed by atoms with E-state index >= 15 is 0 Å². The Labute approximate surface area is 200 Å². The van der Waals surface area contributed by atoms with Gasteiger partial charge in [0.2, 0.25) is 0 Å². The van der Waals surface area contributed by atoms with Gasteiger partial charge in [0, 0.05) is 22.9 Å². The fraction of sp³-hybridized carbons (Fsp3) is 0.250. The second kappa shape index (κ2) is 11.3. The number of nitrogens with one attached hydrogen (secondary N) is 2. The molecule has 0 fully saturated rings. The number of benzene rings is 3. The van der Waals surface area contributed by atoms with Crippen LogP contribution in [0, 0.1) is 0 Å². The number of amides is 1. The normalized spacial score (nSPS) is 11.2. The van der Waals surface area contributed by atoms with Crippen molar-refractivity contribution in [2.45, 2.75) is 32.6 Å². The van der Waals surface area contributed by atoms with Gasteiger partial charge in [-0.2, -0.15) is 5.10 Å². The maximum Gasteiger partial charge on any atom is 0.252 e. The van der Waals surface area contributed by atoms with E-state index in [-0.39, 0.29) is 5.91 Å². The number of hydrazone groups is 1. The lowest BCUT2D eigenvalue weighted by atomic mass is 10.0. The number of fused-ring (bicyclic) bond motifs is 2. The Morgan fingerprint density at radius 2 is 1.74 bits per heavy atom.